The summed E-state index contributed by atoms with van der Waals surface area (Å²) >= 11 is 0. The highest BCUT2D eigenvalue weighted by Gasteiger charge is 2.08. The molecule has 0 aliphatic carbocycles. The van der Waals surface area contributed by atoms with Crippen molar-refractivity contribution in [3.8, 4) is 11.3 Å². The van der Waals surface area contributed by atoms with Crippen LogP contribution in [0.3, 0.4) is 0 Å². The molecule has 0 unspecified atom stereocenters. The van der Waals surface area contributed by atoms with E-state index in [4.69, 9.17) is 4.74 Å². The highest BCUT2D eigenvalue weighted by atomic mass is 16.6. The Morgan fingerprint density at radius 1 is 1.04 bits per heavy atom. The SMILES string of the molecule is CCO/C(O)=C\n1nc(/C=C/c2ccccc2)cc1-c1ccccc1. The lowest BCUT2D eigenvalue weighted by Crippen LogP contribution is -1.98. The Morgan fingerprint density at radius 3 is 2.40 bits per heavy atom. The highest BCUT2D eigenvalue weighted by Crippen LogP contribution is 2.22. The Balaban J connectivity index is 1.97. The zero-order valence-electron chi connectivity index (χ0n) is 14.0. The summed E-state index contributed by atoms with van der Waals surface area (Å²) in [5, 5.41) is 14.4. The third-order valence-corrected chi connectivity index (χ3v) is 3.60. The minimum absolute atomic E-state index is 0.165. The third-order valence-electron chi connectivity index (χ3n) is 3.60. The molecule has 0 spiro atoms. The fourth-order valence-corrected chi connectivity index (χ4v) is 2.45. The Labute approximate surface area is 147 Å². The van der Waals surface area contributed by atoms with Crippen LogP contribution in [0.5, 0.6) is 0 Å². The van der Waals surface area contributed by atoms with E-state index in [-0.39, 0.29) is 5.95 Å². The van der Waals surface area contributed by atoms with E-state index in [1.54, 1.807) is 4.68 Å². The Bertz CT molecular complexity index is 865. The lowest BCUT2D eigenvalue weighted by atomic mass is 10.1. The fraction of sp³-hybridized carbons (Fsp3) is 0.0952. The molecule has 0 atom stereocenters. The molecule has 0 aliphatic rings. The van der Waals surface area contributed by atoms with E-state index in [2.05, 4.69) is 5.10 Å². The molecule has 3 aromatic rings. The summed E-state index contributed by atoms with van der Waals surface area (Å²) in [6, 6.07) is 21.9. The van der Waals surface area contributed by atoms with Crippen molar-refractivity contribution in [2.24, 2.45) is 0 Å². The number of benzene rings is 2. The number of nitrogens with zero attached hydrogens (tertiary/aromatic N) is 2. The Hall–Kier alpha value is -3.27. The van der Waals surface area contributed by atoms with Gasteiger partial charge in [-0.3, -0.25) is 0 Å². The van der Waals surface area contributed by atoms with Crippen LogP contribution in [-0.4, -0.2) is 21.5 Å². The van der Waals surface area contributed by atoms with Gasteiger partial charge >= 0.3 is 0 Å². The van der Waals surface area contributed by atoms with Crippen molar-refractivity contribution < 1.29 is 9.84 Å². The number of rotatable bonds is 6. The zero-order chi connectivity index (χ0) is 17.5. The van der Waals surface area contributed by atoms with Crippen molar-refractivity contribution in [2.45, 2.75) is 6.92 Å². The van der Waals surface area contributed by atoms with Crippen LogP contribution >= 0.6 is 0 Å². The summed E-state index contributed by atoms with van der Waals surface area (Å²) in [7, 11) is 0. The van der Waals surface area contributed by atoms with Gasteiger partial charge in [-0.2, -0.15) is 5.10 Å². The normalized spacial score (nSPS) is 11.8. The second kappa shape index (κ2) is 8.02. The topological polar surface area (TPSA) is 47.3 Å². The van der Waals surface area contributed by atoms with Crippen LogP contribution in [0.15, 0.2) is 72.7 Å². The maximum Gasteiger partial charge on any atom is 0.295 e. The summed E-state index contributed by atoms with van der Waals surface area (Å²) in [5.74, 6) is -0.165. The number of hydrogen-bond acceptors (Lipinski definition) is 3. The summed E-state index contributed by atoms with van der Waals surface area (Å²) in [6.07, 6.45) is 5.43. The number of hydrogen-bond donors (Lipinski definition) is 1. The average molecular weight is 332 g/mol. The monoisotopic (exact) mass is 332 g/mol. The van der Waals surface area contributed by atoms with Gasteiger partial charge in [0.05, 0.1) is 18.0 Å². The molecular weight excluding hydrogens is 312 g/mol. The number of aliphatic hydroxyl groups is 1. The quantitative estimate of drug-likeness (QED) is 0.641. The maximum absolute atomic E-state index is 9.85. The molecule has 0 fully saturated rings. The first-order valence-corrected chi connectivity index (χ1v) is 8.18. The number of aliphatic hydroxyl groups excluding tert-OH is 1. The molecule has 126 valence electrons. The fourth-order valence-electron chi connectivity index (χ4n) is 2.45. The first-order chi connectivity index (χ1) is 12.3. The van der Waals surface area contributed by atoms with E-state index in [0.717, 1.165) is 22.5 Å². The first-order valence-electron chi connectivity index (χ1n) is 8.18. The second-order valence-corrected chi connectivity index (χ2v) is 5.41. The molecule has 0 saturated carbocycles. The van der Waals surface area contributed by atoms with E-state index in [1.165, 1.54) is 6.20 Å². The maximum atomic E-state index is 9.85. The lowest BCUT2D eigenvalue weighted by Gasteiger charge is -2.04. The molecule has 1 N–H and O–H groups in total. The second-order valence-electron chi connectivity index (χ2n) is 5.41. The van der Waals surface area contributed by atoms with Crippen LogP contribution < -0.4 is 0 Å². The van der Waals surface area contributed by atoms with Crippen LogP contribution in [0.25, 0.3) is 29.6 Å². The summed E-state index contributed by atoms with van der Waals surface area (Å²) in [4.78, 5) is 0. The molecular formula is C21H20N2O2. The van der Waals surface area contributed by atoms with Gasteiger partial charge < -0.3 is 9.84 Å². The molecule has 1 heterocycles. The minimum Gasteiger partial charge on any atom is -0.480 e. The number of ether oxygens (including phenoxy) is 1. The Morgan fingerprint density at radius 2 is 1.72 bits per heavy atom. The van der Waals surface area contributed by atoms with Gasteiger partial charge in [-0.1, -0.05) is 66.7 Å². The van der Waals surface area contributed by atoms with Gasteiger partial charge in [0.25, 0.3) is 5.95 Å². The molecule has 25 heavy (non-hydrogen) atoms. The molecule has 4 nitrogen and oxygen atoms in total. The van der Waals surface area contributed by atoms with Gasteiger partial charge in [0.2, 0.25) is 0 Å². The molecule has 0 aliphatic heterocycles. The molecule has 0 amide bonds. The van der Waals surface area contributed by atoms with Gasteiger partial charge in [-0.05, 0) is 24.6 Å². The van der Waals surface area contributed by atoms with Gasteiger partial charge in [0, 0.05) is 5.56 Å². The predicted octanol–water partition coefficient (Wildman–Crippen LogP) is 5.07. The van der Waals surface area contributed by atoms with Crippen LogP contribution in [0.2, 0.25) is 0 Å². The molecule has 2 aromatic carbocycles. The average Bonchev–Trinajstić information content (AvgIpc) is 3.04. The van der Waals surface area contributed by atoms with Gasteiger partial charge in [-0.15, -0.1) is 0 Å². The summed E-state index contributed by atoms with van der Waals surface area (Å²) in [6.45, 7) is 2.21. The van der Waals surface area contributed by atoms with Crippen molar-refractivity contribution >= 4 is 18.4 Å². The van der Waals surface area contributed by atoms with Crippen LogP contribution in [0, 0.1) is 0 Å². The van der Waals surface area contributed by atoms with E-state index >= 15 is 0 Å². The predicted molar refractivity (Wildman–Crippen MR) is 102 cm³/mol. The molecule has 0 radical (unpaired) electrons. The van der Waals surface area contributed by atoms with Crippen molar-refractivity contribution in [1.29, 1.82) is 0 Å². The third kappa shape index (κ3) is 4.38. The Kier molecular flexibility index (Phi) is 5.32. The van der Waals surface area contributed by atoms with E-state index in [9.17, 15) is 5.11 Å². The van der Waals surface area contributed by atoms with Gasteiger partial charge in [0.1, 0.15) is 6.20 Å². The molecule has 0 bridgehead atoms. The van der Waals surface area contributed by atoms with Crippen molar-refractivity contribution in [2.75, 3.05) is 6.61 Å². The van der Waals surface area contributed by atoms with Crippen molar-refractivity contribution in [1.82, 2.24) is 9.78 Å². The van der Waals surface area contributed by atoms with Gasteiger partial charge in [0.15, 0.2) is 0 Å². The van der Waals surface area contributed by atoms with Crippen molar-refractivity contribution in [3.63, 3.8) is 0 Å². The van der Waals surface area contributed by atoms with Crippen LogP contribution in [-0.2, 0) is 4.74 Å². The van der Waals surface area contributed by atoms with Crippen molar-refractivity contribution in [3.05, 3.63) is 83.9 Å². The number of aromatic nitrogens is 2. The largest absolute Gasteiger partial charge is 0.480 e. The van der Waals surface area contributed by atoms with Gasteiger partial charge in [-0.25, -0.2) is 4.68 Å². The van der Waals surface area contributed by atoms with E-state index in [1.807, 2.05) is 85.8 Å². The lowest BCUT2D eigenvalue weighted by molar-refractivity contribution is 0.105. The van der Waals surface area contributed by atoms with E-state index < -0.39 is 0 Å². The molecule has 3 rings (SSSR count). The first kappa shape index (κ1) is 16.6. The zero-order valence-corrected chi connectivity index (χ0v) is 14.0. The molecule has 1 aromatic heterocycles. The smallest absolute Gasteiger partial charge is 0.295 e. The minimum atomic E-state index is -0.165. The summed E-state index contributed by atoms with van der Waals surface area (Å²) in [5.41, 5.74) is 3.78. The molecule has 4 heteroatoms. The van der Waals surface area contributed by atoms with E-state index in [0.29, 0.717) is 6.61 Å². The van der Waals surface area contributed by atoms with Crippen LogP contribution in [0.1, 0.15) is 18.2 Å². The highest BCUT2D eigenvalue weighted by molar-refractivity contribution is 5.72. The summed E-state index contributed by atoms with van der Waals surface area (Å²) < 4.78 is 6.74. The standard InChI is InChI=1S/C21H20N2O2/c1-2-25-21(24)16-23-20(18-11-7-4-8-12-18)15-19(22-23)14-13-17-9-5-3-6-10-17/h3-16,24H,2H2,1H3/b14-13+,21-16-. The molecule has 0 saturated heterocycles. The van der Waals surface area contributed by atoms with Crippen LogP contribution in [0.4, 0.5) is 0 Å².